The van der Waals surface area contributed by atoms with Crippen LogP contribution in [-0.4, -0.2) is 54.6 Å². The van der Waals surface area contributed by atoms with E-state index in [1.165, 1.54) is 6.08 Å². The van der Waals surface area contributed by atoms with Gasteiger partial charge in [-0.1, -0.05) is 19.4 Å². The molecule has 0 bridgehead atoms. The number of carbonyl (C=O) groups is 2. The van der Waals surface area contributed by atoms with Crippen LogP contribution in [0.1, 0.15) is 26.2 Å². The van der Waals surface area contributed by atoms with Gasteiger partial charge in [-0.3, -0.25) is 4.79 Å². The fourth-order valence-electron chi connectivity index (χ4n) is 1.76. The highest BCUT2D eigenvalue weighted by Gasteiger charge is 2.39. The van der Waals surface area contributed by atoms with Crippen molar-refractivity contribution in [2.45, 2.75) is 31.8 Å². The molecular weight excluding hydrogens is 234 g/mol. The van der Waals surface area contributed by atoms with Gasteiger partial charge < -0.3 is 19.5 Å². The summed E-state index contributed by atoms with van der Waals surface area (Å²) in [7, 11) is 5.34. The topological polar surface area (TPSA) is 77.4 Å². The van der Waals surface area contributed by atoms with Gasteiger partial charge >= 0.3 is 0 Å². The molecule has 0 heterocycles. The molecule has 1 unspecified atom stereocenters. The molecule has 0 aliphatic carbocycles. The summed E-state index contributed by atoms with van der Waals surface area (Å²) in [5, 5.41) is 20.9. The zero-order chi connectivity index (χ0) is 14.4. The number of unbranched alkanes of at least 4 members (excludes halogenated alkanes) is 1. The molecule has 0 amide bonds. The van der Waals surface area contributed by atoms with Crippen molar-refractivity contribution in [2.75, 3.05) is 27.7 Å². The molecule has 0 aliphatic heterocycles. The Hall–Kier alpha value is -1.20. The minimum atomic E-state index is -1.90. The van der Waals surface area contributed by atoms with E-state index in [0.717, 1.165) is 12.8 Å². The average Bonchev–Trinajstić information content (AvgIpc) is 2.13. The maximum atomic E-state index is 11.9. The lowest BCUT2D eigenvalue weighted by Crippen LogP contribution is -2.55. The molecule has 0 aromatic rings. The van der Waals surface area contributed by atoms with Crippen molar-refractivity contribution in [3.8, 4) is 0 Å². The Bertz CT molecular complexity index is 330. The first kappa shape index (κ1) is 16.8. The molecule has 1 atom stereocenters. The SMILES string of the molecule is CCC/C=C/C(=O)C(O)(CC(=O)[O-])C[N+](C)(C)C. The van der Waals surface area contributed by atoms with Gasteiger partial charge in [0.1, 0.15) is 6.54 Å². The van der Waals surface area contributed by atoms with E-state index in [-0.39, 0.29) is 11.0 Å². The fourth-order valence-corrected chi connectivity index (χ4v) is 1.76. The number of nitrogens with zero attached hydrogens (tertiary/aromatic N) is 1. The van der Waals surface area contributed by atoms with E-state index in [2.05, 4.69) is 0 Å². The Morgan fingerprint density at radius 3 is 2.28 bits per heavy atom. The maximum absolute atomic E-state index is 11.9. The van der Waals surface area contributed by atoms with Gasteiger partial charge in [0.2, 0.25) is 0 Å². The highest BCUT2D eigenvalue weighted by atomic mass is 16.4. The third-order valence-corrected chi connectivity index (χ3v) is 2.36. The number of likely N-dealkylation sites (N-methyl/N-ethyl adjacent to an activating group) is 1. The van der Waals surface area contributed by atoms with Gasteiger partial charge in [0.15, 0.2) is 11.4 Å². The van der Waals surface area contributed by atoms with Crippen LogP contribution >= 0.6 is 0 Å². The molecule has 0 radical (unpaired) electrons. The predicted octanol–water partition coefficient (Wildman–Crippen LogP) is -0.511. The molecular formula is C13H23NO4. The third kappa shape index (κ3) is 6.51. The number of hydrogen-bond acceptors (Lipinski definition) is 4. The molecule has 1 N–H and O–H groups in total. The summed E-state index contributed by atoms with van der Waals surface area (Å²) in [6.07, 6.45) is 3.84. The molecule has 0 aliphatic rings. The van der Waals surface area contributed by atoms with Gasteiger partial charge in [-0.05, 0) is 12.5 Å². The Morgan fingerprint density at radius 2 is 1.89 bits per heavy atom. The minimum Gasteiger partial charge on any atom is -0.550 e. The van der Waals surface area contributed by atoms with Crippen LogP contribution in [0.2, 0.25) is 0 Å². The second kappa shape index (κ2) is 6.66. The van der Waals surface area contributed by atoms with Crippen molar-refractivity contribution < 1.29 is 24.3 Å². The lowest BCUT2D eigenvalue weighted by Gasteiger charge is -2.34. The lowest BCUT2D eigenvalue weighted by atomic mass is 9.92. The van der Waals surface area contributed by atoms with E-state index in [0.29, 0.717) is 0 Å². The largest absolute Gasteiger partial charge is 0.550 e. The van der Waals surface area contributed by atoms with E-state index in [1.807, 2.05) is 6.92 Å². The van der Waals surface area contributed by atoms with E-state index < -0.39 is 23.8 Å². The Balaban J connectivity index is 4.96. The Morgan fingerprint density at radius 1 is 1.33 bits per heavy atom. The smallest absolute Gasteiger partial charge is 0.193 e. The van der Waals surface area contributed by atoms with Crippen molar-refractivity contribution in [1.82, 2.24) is 0 Å². The first-order valence-corrected chi connectivity index (χ1v) is 6.04. The summed E-state index contributed by atoms with van der Waals surface area (Å²) in [5.41, 5.74) is -1.90. The predicted molar refractivity (Wildman–Crippen MR) is 66.5 cm³/mol. The third-order valence-electron chi connectivity index (χ3n) is 2.36. The normalized spacial score (nSPS) is 15.6. The van der Waals surface area contributed by atoms with E-state index in [4.69, 9.17) is 0 Å². The number of ketones is 1. The Kier molecular flexibility index (Phi) is 6.21. The molecule has 104 valence electrons. The summed E-state index contributed by atoms with van der Waals surface area (Å²) in [6.45, 7) is 1.99. The van der Waals surface area contributed by atoms with Crippen molar-refractivity contribution in [1.29, 1.82) is 0 Å². The molecule has 0 aromatic heterocycles. The zero-order valence-corrected chi connectivity index (χ0v) is 11.6. The number of carbonyl (C=O) groups excluding carboxylic acids is 2. The van der Waals surface area contributed by atoms with Crippen LogP contribution in [-0.2, 0) is 9.59 Å². The minimum absolute atomic E-state index is 0.0241. The molecule has 0 saturated carbocycles. The van der Waals surface area contributed by atoms with E-state index in [9.17, 15) is 19.8 Å². The second-order valence-corrected chi connectivity index (χ2v) is 5.58. The zero-order valence-electron chi connectivity index (χ0n) is 11.6. The highest BCUT2D eigenvalue weighted by molar-refractivity contribution is 5.99. The van der Waals surface area contributed by atoms with Crippen molar-refractivity contribution in [2.24, 2.45) is 0 Å². The van der Waals surface area contributed by atoms with Gasteiger partial charge in [-0.25, -0.2) is 0 Å². The molecule has 5 heteroatoms. The number of carboxylic acid groups (broad SMARTS) is 1. The van der Waals surface area contributed by atoms with Gasteiger partial charge in [0.25, 0.3) is 0 Å². The van der Waals surface area contributed by atoms with E-state index >= 15 is 0 Å². The number of aliphatic hydroxyl groups is 1. The Labute approximate surface area is 108 Å². The first-order valence-electron chi connectivity index (χ1n) is 6.04. The molecule has 0 fully saturated rings. The molecule has 5 nitrogen and oxygen atoms in total. The van der Waals surface area contributed by atoms with Crippen LogP contribution in [0.5, 0.6) is 0 Å². The quantitative estimate of drug-likeness (QED) is 0.469. The second-order valence-electron chi connectivity index (χ2n) is 5.58. The van der Waals surface area contributed by atoms with Crippen molar-refractivity contribution in [3.63, 3.8) is 0 Å². The number of carboxylic acids is 1. The summed E-state index contributed by atoms with van der Waals surface area (Å²) < 4.78 is 0.289. The van der Waals surface area contributed by atoms with Crippen LogP contribution in [0.25, 0.3) is 0 Å². The summed E-state index contributed by atoms with van der Waals surface area (Å²) >= 11 is 0. The molecule has 0 saturated heterocycles. The highest BCUT2D eigenvalue weighted by Crippen LogP contribution is 2.16. The lowest BCUT2D eigenvalue weighted by molar-refractivity contribution is -0.875. The number of quaternary nitrogens is 1. The maximum Gasteiger partial charge on any atom is 0.193 e. The molecule has 18 heavy (non-hydrogen) atoms. The van der Waals surface area contributed by atoms with Crippen LogP contribution in [0, 0.1) is 0 Å². The number of rotatable bonds is 8. The summed E-state index contributed by atoms with van der Waals surface area (Å²) in [4.78, 5) is 22.6. The summed E-state index contributed by atoms with van der Waals surface area (Å²) in [5.74, 6) is -2.00. The molecule has 0 aromatic carbocycles. The van der Waals surface area contributed by atoms with Gasteiger partial charge in [0, 0.05) is 12.4 Å². The van der Waals surface area contributed by atoms with Crippen LogP contribution < -0.4 is 5.11 Å². The monoisotopic (exact) mass is 257 g/mol. The number of allylic oxidation sites excluding steroid dienone is 1. The number of aliphatic carboxylic acids is 1. The van der Waals surface area contributed by atoms with E-state index in [1.54, 1.807) is 27.2 Å². The first-order chi connectivity index (χ1) is 8.10. The number of hydrogen-bond donors (Lipinski definition) is 1. The average molecular weight is 257 g/mol. The standard InChI is InChI=1S/C13H23NO4/c1-5-6-7-8-11(15)13(18,9-12(16)17)10-14(2,3)4/h7-8,18H,5-6,9-10H2,1-4H3/b8-7+. The molecule has 0 spiro atoms. The van der Waals surface area contributed by atoms with Crippen molar-refractivity contribution >= 4 is 11.8 Å². The van der Waals surface area contributed by atoms with Crippen LogP contribution in [0.3, 0.4) is 0 Å². The van der Waals surface area contributed by atoms with Crippen molar-refractivity contribution in [3.05, 3.63) is 12.2 Å². The summed E-state index contributed by atoms with van der Waals surface area (Å²) in [6, 6.07) is 0. The molecule has 0 rings (SSSR count). The van der Waals surface area contributed by atoms with Crippen LogP contribution in [0.15, 0.2) is 12.2 Å². The van der Waals surface area contributed by atoms with Gasteiger partial charge in [-0.15, -0.1) is 0 Å². The van der Waals surface area contributed by atoms with Gasteiger partial charge in [0.05, 0.1) is 21.1 Å². The van der Waals surface area contributed by atoms with Gasteiger partial charge in [-0.2, -0.15) is 0 Å². The fraction of sp³-hybridized carbons (Fsp3) is 0.692. The van der Waals surface area contributed by atoms with Crippen LogP contribution in [0.4, 0.5) is 0 Å².